The minimum absolute atomic E-state index is 0.00113. The average Bonchev–Trinajstić information content (AvgIpc) is 3.01. The van der Waals surface area contributed by atoms with E-state index in [2.05, 4.69) is 29.0 Å². The van der Waals surface area contributed by atoms with Gasteiger partial charge in [-0.15, -0.1) is 0 Å². The maximum atomic E-state index is 12.5. The molecule has 3 rings (SSSR count). The van der Waals surface area contributed by atoms with Crippen LogP contribution >= 0.6 is 0 Å². The van der Waals surface area contributed by atoms with Gasteiger partial charge in [-0.3, -0.25) is 19.5 Å². The number of nitrogens with one attached hydrogen (secondary N) is 1. The molecule has 0 spiro atoms. The molecule has 6 nitrogen and oxygen atoms in total. The zero-order chi connectivity index (χ0) is 18.5. The number of hydrogen-bond donors (Lipinski definition) is 1. The molecule has 6 heteroatoms. The standard InChI is InChI=1S/C20H30N4O2/c1-15-6-5-9-23(12-15)16(2)11-22-20(26)17-10-19(25)24(13-17)14-18-7-3-4-8-21-18/h3-4,7-8,15-17H,5-6,9-14H2,1-2H3,(H,22,26)/t15-,16-,17+/m1/s1. The number of likely N-dealkylation sites (tertiary alicyclic amines) is 2. The summed E-state index contributed by atoms with van der Waals surface area (Å²) in [5.74, 6) is 0.515. The molecule has 0 bridgehead atoms. The molecule has 1 aromatic heterocycles. The first-order valence-electron chi connectivity index (χ1n) is 9.72. The number of pyridine rings is 1. The molecule has 3 atom stereocenters. The number of carbonyl (C=O) groups excluding carboxylic acids is 2. The van der Waals surface area contributed by atoms with E-state index in [4.69, 9.17) is 0 Å². The predicted molar refractivity (Wildman–Crippen MR) is 100 cm³/mol. The van der Waals surface area contributed by atoms with Crippen molar-refractivity contribution >= 4 is 11.8 Å². The van der Waals surface area contributed by atoms with Crippen molar-refractivity contribution in [3.8, 4) is 0 Å². The smallest absolute Gasteiger partial charge is 0.225 e. The maximum absolute atomic E-state index is 12.5. The van der Waals surface area contributed by atoms with Crippen LogP contribution in [0.2, 0.25) is 0 Å². The van der Waals surface area contributed by atoms with E-state index in [1.54, 1.807) is 11.1 Å². The number of aromatic nitrogens is 1. The summed E-state index contributed by atoms with van der Waals surface area (Å²) in [6.45, 7) is 8.29. The van der Waals surface area contributed by atoms with E-state index in [0.29, 0.717) is 32.1 Å². The van der Waals surface area contributed by atoms with Crippen molar-refractivity contribution in [1.29, 1.82) is 0 Å². The van der Waals surface area contributed by atoms with Crippen molar-refractivity contribution in [3.63, 3.8) is 0 Å². The Bertz CT molecular complexity index is 621. The number of amides is 2. The second-order valence-corrected chi connectivity index (χ2v) is 7.83. The molecule has 2 fully saturated rings. The van der Waals surface area contributed by atoms with Crippen molar-refractivity contribution in [2.75, 3.05) is 26.2 Å². The molecule has 3 heterocycles. The number of hydrogen-bond acceptors (Lipinski definition) is 4. The first kappa shape index (κ1) is 18.8. The summed E-state index contributed by atoms with van der Waals surface area (Å²) in [7, 11) is 0. The summed E-state index contributed by atoms with van der Waals surface area (Å²) in [5, 5.41) is 3.07. The Morgan fingerprint density at radius 2 is 2.23 bits per heavy atom. The van der Waals surface area contributed by atoms with Crippen molar-refractivity contribution < 1.29 is 9.59 Å². The molecule has 2 aliphatic heterocycles. The Labute approximate surface area is 156 Å². The average molecular weight is 358 g/mol. The van der Waals surface area contributed by atoms with Gasteiger partial charge in [-0.05, 0) is 44.4 Å². The molecule has 2 saturated heterocycles. The van der Waals surface area contributed by atoms with E-state index in [1.807, 2.05) is 18.2 Å². The third kappa shape index (κ3) is 4.81. The van der Waals surface area contributed by atoms with Crippen LogP contribution < -0.4 is 5.32 Å². The second kappa shape index (κ2) is 8.62. The predicted octanol–water partition coefficient (Wildman–Crippen LogP) is 1.67. The van der Waals surface area contributed by atoms with Crippen LogP contribution in [0.25, 0.3) is 0 Å². The van der Waals surface area contributed by atoms with Crippen LogP contribution in [-0.2, 0) is 16.1 Å². The van der Waals surface area contributed by atoms with E-state index < -0.39 is 0 Å². The van der Waals surface area contributed by atoms with Gasteiger partial charge in [0.05, 0.1) is 18.2 Å². The van der Waals surface area contributed by atoms with Crippen molar-refractivity contribution in [1.82, 2.24) is 20.1 Å². The lowest BCUT2D eigenvalue weighted by atomic mass is 9.99. The van der Waals surface area contributed by atoms with Gasteiger partial charge in [0.25, 0.3) is 0 Å². The zero-order valence-electron chi connectivity index (χ0n) is 15.9. The lowest BCUT2D eigenvalue weighted by Gasteiger charge is -2.35. The fraction of sp³-hybridized carbons (Fsp3) is 0.650. The van der Waals surface area contributed by atoms with Crippen LogP contribution in [0, 0.1) is 11.8 Å². The minimum atomic E-state index is -0.251. The molecule has 2 aliphatic rings. The van der Waals surface area contributed by atoms with Crippen molar-refractivity contribution in [2.24, 2.45) is 11.8 Å². The van der Waals surface area contributed by atoms with E-state index in [0.717, 1.165) is 24.7 Å². The van der Waals surface area contributed by atoms with Crippen molar-refractivity contribution in [3.05, 3.63) is 30.1 Å². The summed E-state index contributed by atoms with van der Waals surface area (Å²) in [5.41, 5.74) is 0.856. The molecule has 0 aliphatic carbocycles. The molecule has 26 heavy (non-hydrogen) atoms. The Morgan fingerprint density at radius 1 is 1.38 bits per heavy atom. The zero-order valence-corrected chi connectivity index (χ0v) is 15.9. The fourth-order valence-electron chi connectivity index (χ4n) is 3.94. The highest BCUT2D eigenvalue weighted by molar-refractivity contribution is 5.89. The quantitative estimate of drug-likeness (QED) is 0.840. The lowest BCUT2D eigenvalue weighted by molar-refractivity contribution is -0.129. The van der Waals surface area contributed by atoms with Crippen LogP contribution in [0.15, 0.2) is 24.4 Å². The third-order valence-corrected chi connectivity index (χ3v) is 5.55. The van der Waals surface area contributed by atoms with Gasteiger partial charge in [-0.1, -0.05) is 13.0 Å². The monoisotopic (exact) mass is 358 g/mol. The van der Waals surface area contributed by atoms with E-state index in [1.165, 1.54) is 12.8 Å². The third-order valence-electron chi connectivity index (χ3n) is 5.55. The first-order chi connectivity index (χ1) is 12.5. The van der Waals surface area contributed by atoms with Crippen LogP contribution in [0.4, 0.5) is 0 Å². The Kier molecular flexibility index (Phi) is 6.25. The van der Waals surface area contributed by atoms with Gasteiger partial charge in [-0.2, -0.15) is 0 Å². The van der Waals surface area contributed by atoms with Crippen LogP contribution in [0.3, 0.4) is 0 Å². The number of carbonyl (C=O) groups is 2. The van der Waals surface area contributed by atoms with Gasteiger partial charge in [-0.25, -0.2) is 0 Å². The lowest BCUT2D eigenvalue weighted by Crippen LogP contribution is -2.47. The number of piperidine rings is 1. The Morgan fingerprint density at radius 3 is 2.96 bits per heavy atom. The topological polar surface area (TPSA) is 65.5 Å². The summed E-state index contributed by atoms with van der Waals surface area (Å²) in [6, 6.07) is 6.01. The van der Waals surface area contributed by atoms with Gasteiger partial charge < -0.3 is 10.2 Å². The highest BCUT2D eigenvalue weighted by Crippen LogP contribution is 2.20. The minimum Gasteiger partial charge on any atom is -0.354 e. The van der Waals surface area contributed by atoms with Crippen LogP contribution in [0.1, 0.15) is 38.8 Å². The molecule has 0 unspecified atom stereocenters. The van der Waals surface area contributed by atoms with Gasteiger partial charge in [0.1, 0.15) is 0 Å². The largest absolute Gasteiger partial charge is 0.354 e. The Balaban J connectivity index is 1.45. The molecule has 1 aromatic rings. The van der Waals surface area contributed by atoms with Crippen molar-refractivity contribution in [2.45, 2.75) is 45.7 Å². The fourth-order valence-corrected chi connectivity index (χ4v) is 3.94. The molecule has 0 aromatic carbocycles. The van der Waals surface area contributed by atoms with E-state index in [-0.39, 0.29) is 17.7 Å². The first-order valence-corrected chi connectivity index (χ1v) is 9.72. The van der Waals surface area contributed by atoms with Crippen LogP contribution in [0.5, 0.6) is 0 Å². The highest BCUT2D eigenvalue weighted by Gasteiger charge is 2.34. The molecular weight excluding hydrogens is 328 g/mol. The summed E-state index contributed by atoms with van der Waals surface area (Å²) in [6.07, 6.45) is 4.56. The highest BCUT2D eigenvalue weighted by atomic mass is 16.2. The second-order valence-electron chi connectivity index (χ2n) is 7.83. The van der Waals surface area contributed by atoms with Crippen LogP contribution in [-0.4, -0.2) is 58.8 Å². The van der Waals surface area contributed by atoms with Gasteiger partial charge in [0, 0.05) is 38.3 Å². The normalized spacial score (nSPS) is 25.3. The number of nitrogens with zero attached hydrogens (tertiary/aromatic N) is 3. The molecule has 0 saturated carbocycles. The summed E-state index contributed by atoms with van der Waals surface area (Å²) in [4.78, 5) is 33.2. The molecule has 0 radical (unpaired) electrons. The summed E-state index contributed by atoms with van der Waals surface area (Å²) >= 11 is 0. The van der Waals surface area contributed by atoms with Gasteiger partial charge in [0.15, 0.2) is 0 Å². The summed E-state index contributed by atoms with van der Waals surface area (Å²) < 4.78 is 0. The number of rotatable bonds is 6. The van der Waals surface area contributed by atoms with Gasteiger partial charge in [0.2, 0.25) is 11.8 Å². The molecular formula is C20H30N4O2. The Hall–Kier alpha value is -1.95. The van der Waals surface area contributed by atoms with Gasteiger partial charge >= 0.3 is 0 Å². The van der Waals surface area contributed by atoms with E-state index >= 15 is 0 Å². The molecule has 2 amide bonds. The SMILES string of the molecule is C[C@@H]1CCCN([C@H](C)CNC(=O)[C@H]2CC(=O)N(Cc3ccccn3)C2)C1. The van der Waals surface area contributed by atoms with E-state index in [9.17, 15) is 9.59 Å². The molecule has 142 valence electrons. The molecule has 1 N–H and O–H groups in total. The maximum Gasteiger partial charge on any atom is 0.225 e.